The molecule has 7 heteroatoms. The third kappa shape index (κ3) is 5.21. The molecule has 1 amide bonds. The van der Waals surface area contributed by atoms with Gasteiger partial charge >= 0.3 is 0 Å². The summed E-state index contributed by atoms with van der Waals surface area (Å²) in [4.78, 5) is 27.7. The van der Waals surface area contributed by atoms with Gasteiger partial charge in [-0.2, -0.15) is 0 Å². The molecule has 172 valence electrons. The fourth-order valence-corrected chi connectivity index (χ4v) is 4.88. The number of anilines is 2. The number of likely N-dealkylation sites (tertiary alicyclic amines) is 1. The molecule has 1 aromatic carbocycles. The molecule has 0 bridgehead atoms. The number of carbonyl (C=O) groups is 1. The largest absolute Gasteiger partial charge is 0.374 e. The number of hydrogen-bond donors (Lipinski definition) is 1. The molecule has 32 heavy (non-hydrogen) atoms. The van der Waals surface area contributed by atoms with E-state index in [0.29, 0.717) is 18.3 Å². The smallest absolute Gasteiger partial charge is 0.219 e. The van der Waals surface area contributed by atoms with Crippen LogP contribution in [-0.4, -0.2) is 66.5 Å². The first-order chi connectivity index (χ1) is 15.4. The predicted octanol–water partition coefficient (Wildman–Crippen LogP) is 3.26. The van der Waals surface area contributed by atoms with E-state index < -0.39 is 0 Å². The highest BCUT2D eigenvalue weighted by Crippen LogP contribution is 2.30. The van der Waals surface area contributed by atoms with Crippen molar-refractivity contribution in [3.63, 3.8) is 0 Å². The topological polar surface area (TPSA) is 64.6 Å². The van der Waals surface area contributed by atoms with Crippen LogP contribution < -0.4 is 10.2 Å². The van der Waals surface area contributed by atoms with Crippen LogP contribution in [0.4, 0.5) is 11.5 Å². The molecule has 2 aliphatic rings. The Balaban J connectivity index is 1.47. The van der Waals surface area contributed by atoms with Crippen LogP contribution in [0.5, 0.6) is 0 Å². The van der Waals surface area contributed by atoms with Crippen molar-refractivity contribution in [2.45, 2.75) is 51.6 Å². The monoisotopic (exact) mass is 436 g/mol. The second-order valence-electron chi connectivity index (χ2n) is 9.28. The third-order valence-electron chi connectivity index (χ3n) is 6.79. The Bertz CT molecular complexity index is 961. The standard InChI is InChI=1S/C25H36N6O/c1-18(32)30(4)17-25-27-22(14-24(26-2)28-25)21-8-6-12-31(16-21)15-19-9-10-23-20(13-19)7-5-11-29(23)3/h9-10,13-14,21H,5-8,11-12,15-17H2,1-4H3,(H,26,27,28)/t21-/m0/s1. The van der Waals surface area contributed by atoms with E-state index in [1.165, 1.54) is 36.1 Å². The Morgan fingerprint density at radius 1 is 1.22 bits per heavy atom. The van der Waals surface area contributed by atoms with Crippen molar-refractivity contribution in [3.8, 4) is 0 Å². The van der Waals surface area contributed by atoms with Crippen LogP contribution in [0.1, 0.15) is 54.7 Å². The molecular formula is C25H36N6O. The Morgan fingerprint density at radius 3 is 2.84 bits per heavy atom. The normalized spacial score (nSPS) is 18.9. The molecule has 0 spiro atoms. The number of hydrogen-bond acceptors (Lipinski definition) is 6. The highest BCUT2D eigenvalue weighted by Gasteiger charge is 2.24. The molecule has 3 heterocycles. The summed E-state index contributed by atoms with van der Waals surface area (Å²) in [5, 5.41) is 3.16. The summed E-state index contributed by atoms with van der Waals surface area (Å²) in [6.45, 7) is 6.25. The van der Waals surface area contributed by atoms with E-state index in [9.17, 15) is 4.79 Å². The van der Waals surface area contributed by atoms with Crippen molar-refractivity contribution >= 4 is 17.4 Å². The van der Waals surface area contributed by atoms with Crippen LogP contribution in [0.25, 0.3) is 0 Å². The molecule has 1 saturated heterocycles. The van der Waals surface area contributed by atoms with Crippen LogP contribution in [0.2, 0.25) is 0 Å². The lowest BCUT2D eigenvalue weighted by molar-refractivity contribution is -0.128. The van der Waals surface area contributed by atoms with Gasteiger partial charge in [0.1, 0.15) is 11.6 Å². The van der Waals surface area contributed by atoms with Gasteiger partial charge in [0.15, 0.2) is 0 Å². The summed E-state index contributed by atoms with van der Waals surface area (Å²) in [5.41, 5.74) is 5.36. The molecule has 4 rings (SSSR count). The fourth-order valence-electron chi connectivity index (χ4n) is 4.88. The van der Waals surface area contributed by atoms with Crippen LogP contribution in [0.15, 0.2) is 24.3 Å². The molecule has 0 unspecified atom stereocenters. The number of amides is 1. The van der Waals surface area contributed by atoms with Crippen molar-refractivity contribution in [2.24, 2.45) is 0 Å². The van der Waals surface area contributed by atoms with Crippen molar-refractivity contribution < 1.29 is 4.79 Å². The van der Waals surface area contributed by atoms with Gasteiger partial charge in [0.2, 0.25) is 5.91 Å². The molecule has 1 fully saturated rings. The number of nitrogens with one attached hydrogen (secondary N) is 1. The molecule has 0 aliphatic carbocycles. The zero-order valence-corrected chi connectivity index (χ0v) is 19.9. The quantitative estimate of drug-likeness (QED) is 0.750. The minimum atomic E-state index is 0.0186. The molecule has 7 nitrogen and oxygen atoms in total. The second-order valence-corrected chi connectivity index (χ2v) is 9.28. The van der Waals surface area contributed by atoms with E-state index >= 15 is 0 Å². The van der Waals surface area contributed by atoms with Gasteiger partial charge < -0.3 is 15.1 Å². The number of nitrogens with zero attached hydrogens (tertiary/aromatic N) is 5. The predicted molar refractivity (Wildman–Crippen MR) is 129 cm³/mol. The third-order valence-corrected chi connectivity index (χ3v) is 6.79. The highest BCUT2D eigenvalue weighted by molar-refractivity contribution is 5.72. The SMILES string of the molecule is CNc1cc([C@H]2CCCN(Cc3ccc4c(c3)CCCN4C)C2)nc(CN(C)C(C)=O)n1. The van der Waals surface area contributed by atoms with Gasteiger partial charge in [0.05, 0.1) is 12.2 Å². The fraction of sp³-hybridized carbons (Fsp3) is 0.560. The summed E-state index contributed by atoms with van der Waals surface area (Å²) < 4.78 is 0. The molecule has 2 aliphatic heterocycles. The van der Waals surface area contributed by atoms with Crippen LogP contribution in [0.3, 0.4) is 0 Å². The van der Waals surface area contributed by atoms with Crippen molar-refractivity contribution in [3.05, 3.63) is 46.9 Å². The summed E-state index contributed by atoms with van der Waals surface area (Å²) in [7, 11) is 5.86. The summed E-state index contributed by atoms with van der Waals surface area (Å²) in [6, 6.07) is 9.07. The lowest BCUT2D eigenvalue weighted by atomic mass is 9.93. The van der Waals surface area contributed by atoms with Crippen molar-refractivity contribution in [1.82, 2.24) is 19.8 Å². The first-order valence-electron chi connectivity index (χ1n) is 11.8. The number of aromatic nitrogens is 2. The number of piperidine rings is 1. The summed E-state index contributed by atoms with van der Waals surface area (Å²) in [5.74, 6) is 1.91. The maximum Gasteiger partial charge on any atom is 0.219 e. The molecule has 0 saturated carbocycles. The lowest BCUT2D eigenvalue weighted by Crippen LogP contribution is -2.34. The number of rotatable bonds is 6. The van der Waals surface area contributed by atoms with Crippen LogP contribution >= 0.6 is 0 Å². The first kappa shape index (κ1) is 22.5. The van der Waals surface area contributed by atoms with Gasteiger partial charge in [-0.15, -0.1) is 0 Å². The minimum absolute atomic E-state index is 0.0186. The molecular weight excluding hydrogens is 400 g/mol. The van der Waals surface area contributed by atoms with E-state index in [1.807, 2.05) is 7.05 Å². The Kier molecular flexibility index (Phi) is 6.94. The Labute approximate surface area is 191 Å². The summed E-state index contributed by atoms with van der Waals surface area (Å²) >= 11 is 0. The average Bonchev–Trinajstić information content (AvgIpc) is 2.79. The molecule has 2 aromatic rings. The lowest BCUT2D eigenvalue weighted by Gasteiger charge is -2.33. The van der Waals surface area contributed by atoms with E-state index in [1.54, 1.807) is 18.9 Å². The zero-order chi connectivity index (χ0) is 22.7. The number of aryl methyl sites for hydroxylation is 1. The second kappa shape index (κ2) is 9.86. The maximum atomic E-state index is 11.7. The maximum absolute atomic E-state index is 11.7. The van der Waals surface area contributed by atoms with Gasteiger partial charge in [-0.3, -0.25) is 9.69 Å². The molecule has 0 radical (unpaired) electrons. The van der Waals surface area contributed by atoms with Gasteiger partial charge in [-0.05, 0) is 49.4 Å². The number of fused-ring (bicyclic) bond motifs is 1. The molecule has 1 N–H and O–H groups in total. The van der Waals surface area contributed by atoms with Crippen molar-refractivity contribution in [1.29, 1.82) is 0 Å². The van der Waals surface area contributed by atoms with Gasteiger partial charge in [0, 0.05) is 65.4 Å². The van der Waals surface area contributed by atoms with Crippen LogP contribution in [-0.2, 0) is 24.3 Å². The van der Waals surface area contributed by atoms with E-state index in [4.69, 9.17) is 4.98 Å². The van der Waals surface area contributed by atoms with Crippen LogP contribution in [0, 0.1) is 0 Å². The van der Waals surface area contributed by atoms with Gasteiger partial charge in [0.25, 0.3) is 0 Å². The Morgan fingerprint density at radius 2 is 2.06 bits per heavy atom. The highest BCUT2D eigenvalue weighted by atomic mass is 16.2. The minimum Gasteiger partial charge on any atom is -0.374 e. The molecule has 1 aromatic heterocycles. The summed E-state index contributed by atoms with van der Waals surface area (Å²) in [6.07, 6.45) is 4.72. The zero-order valence-electron chi connectivity index (χ0n) is 19.9. The first-order valence-corrected chi connectivity index (χ1v) is 11.8. The van der Waals surface area contributed by atoms with Crippen molar-refractivity contribution in [2.75, 3.05) is 51.0 Å². The number of carbonyl (C=O) groups excluding carboxylic acids is 1. The average molecular weight is 437 g/mol. The Hall–Kier alpha value is -2.67. The van der Waals surface area contributed by atoms with E-state index in [2.05, 4.69) is 51.4 Å². The molecule has 1 atom stereocenters. The van der Waals surface area contributed by atoms with E-state index in [0.717, 1.165) is 44.1 Å². The van der Waals surface area contributed by atoms with Gasteiger partial charge in [-0.1, -0.05) is 12.1 Å². The number of benzene rings is 1. The van der Waals surface area contributed by atoms with Gasteiger partial charge in [-0.25, -0.2) is 9.97 Å². The van der Waals surface area contributed by atoms with E-state index in [-0.39, 0.29) is 5.91 Å².